The summed E-state index contributed by atoms with van der Waals surface area (Å²) in [6.07, 6.45) is -3.38. The molecule has 0 aliphatic heterocycles. The summed E-state index contributed by atoms with van der Waals surface area (Å²) in [6, 6.07) is 13.2. The summed E-state index contributed by atoms with van der Waals surface area (Å²) in [5, 5.41) is 3.15. The topological polar surface area (TPSA) is 53.6 Å². The lowest BCUT2D eigenvalue weighted by atomic mass is 10.2. The van der Waals surface area contributed by atoms with E-state index in [1.165, 1.54) is 12.1 Å². The standard InChI is InChI=1S/C20H13F4IN4S/c21-15-7-13(27-12-3-1-2-11(25)6-12)8-16-19(15)29-18(28-16)10-30-14-4-5-26-17(9-14)20(22,23)24/h1-9,27H,10H2,(H,28,29). The number of alkyl halides is 3. The second kappa shape index (κ2) is 8.42. The Hall–Kier alpha value is -2.34. The van der Waals surface area contributed by atoms with Crippen molar-refractivity contribution in [1.29, 1.82) is 0 Å². The zero-order valence-electron chi connectivity index (χ0n) is 15.1. The number of pyridine rings is 1. The zero-order valence-corrected chi connectivity index (χ0v) is 18.1. The van der Waals surface area contributed by atoms with Gasteiger partial charge < -0.3 is 10.3 Å². The number of halogens is 5. The summed E-state index contributed by atoms with van der Waals surface area (Å²) < 4.78 is 54.0. The van der Waals surface area contributed by atoms with Gasteiger partial charge in [-0.15, -0.1) is 11.8 Å². The molecule has 4 aromatic rings. The molecule has 0 saturated heterocycles. The number of imidazole rings is 1. The number of aromatic amines is 1. The molecule has 10 heteroatoms. The van der Waals surface area contributed by atoms with Crippen molar-refractivity contribution in [3.63, 3.8) is 0 Å². The van der Waals surface area contributed by atoms with E-state index in [4.69, 9.17) is 0 Å². The van der Waals surface area contributed by atoms with Crippen LogP contribution in [0.15, 0.2) is 59.6 Å². The average Bonchev–Trinajstić information content (AvgIpc) is 3.10. The van der Waals surface area contributed by atoms with Crippen LogP contribution in [0.3, 0.4) is 0 Å². The van der Waals surface area contributed by atoms with Crippen LogP contribution in [0.25, 0.3) is 11.0 Å². The molecule has 154 valence electrons. The van der Waals surface area contributed by atoms with Crippen LogP contribution in [0.5, 0.6) is 0 Å². The Bertz CT molecular complexity index is 1210. The lowest BCUT2D eigenvalue weighted by molar-refractivity contribution is -0.141. The van der Waals surface area contributed by atoms with Gasteiger partial charge in [0.15, 0.2) is 5.82 Å². The number of anilines is 2. The number of thioether (sulfide) groups is 1. The van der Waals surface area contributed by atoms with Crippen molar-refractivity contribution in [3.05, 3.63) is 75.6 Å². The van der Waals surface area contributed by atoms with Gasteiger partial charge in [-0.1, -0.05) is 6.07 Å². The largest absolute Gasteiger partial charge is 0.433 e. The lowest BCUT2D eigenvalue weighted by Gasteiger charge is -2.07. The highest BCUT2D eigenvalue weighted by atomic mass is 127. The van der Waals surface area contributed by atoms with E-state index in [-0.39, 0.29) is 11.3 Å². The molecule has 0 radical (unpaired) electrons. The summed E-state index contributed by atoms with van der Waals surface area (Å²) in [6.45, 7) is 0. The quantitative estimate of drug-likeness (QED) is 0.166. The van der Waals surface area contributed by atoms with Gasteiger partial charge in [-0.25, -0.2) is 9.37 Å². The Balaban J connectivity index is 1.53. The fraction of sp³-hybridized carbons (Fsp3) is 0.100. The number of benzene rings is 2. The highest BCUT2D eigenvalue weighted by Gasteiger charge is 2.32. The Morgan fingerprint density at radius 3 is 2.67 bits per heavy atom. The number of nitrogens with zero attached hydrogens (tertiary/aromatic N) is 2. The fourth-order valence-corrected chi connectivity index (χ4v) is 4.14. The number of fused-ring (bicyclic) bond motifs is 1. The first-order valence-corrected chi connectivity index (χ1v) is 10.7. The molecule has 2 N–H and O–H groups in total. The summed E-state index contributed by atoms with van der Waals surface area (Å²) in [5.41, 5.74) is 1.12. The van der Waals surface area contributed by atoms with Crippen molar-refractivity contribution in [1.82, 2.24) is 15.0 Å². The first kappa shape index (κ1) is 20.9. The third kappa shape index (κ3) is 4.86. The fourth-order valence-electron chi connectivity index (χ4n) is 2.80. The van der Waals surface area contributed by atoms with Gasteiger partial charge in [-0.05, 0) is 65.1 Å². The van der Waals surface area contributed by atoms with E-state index in [2.05, 4.69) is 42.9 Å². The number of aromatic nitrogens is 3. The molecule has 2 aromatic heterocycles. The molecule has 2 heterocycles. The molecule has 0 atom stereocenters. The number of rotatable bonds is 5. The average molecular weight is 544 g/mol. The molecule has 30 heavy (non-hydrogen) atoms. The maximum absolute atomic E-state index is 14.5. The van der Waals surface area contributed by atoms with Crippen LogP contribution in [0.2, 0.25) is 0 Å². The summed E-state index contributed by atoms with van der Waals surface area (Å²) in [5.74, 6) is 0.257. The van der Waals surface area contributed by atoms with Crippen LogP contribution < -0.4 is 5.32 Å². The zero-order chi connectivity index (χ0) is 21.3. The van der Waals surface area contributed by atoms with Crippen LogP contribution in [0, 0.1) is 9.39 Å². The predicted octanol–water partition coefficient (Wildman–Crippen LogP) is 6.76. The van der Waals surface area contributed by atoms with E-state index >= 15 is 0 Å². The van der Waals surface area contributed by atoms with Crippen LogP contribution in [0.4, 0.5) is 28.9 Å². The second-order valence-electron chi connectivity index (χ2n) is 6.33. The minimum Gasteiger partial charge on any atom is -0.355 e. The number of H-pyrrole nitrogens is 1. The van der Waals surface area contributed by atoms with Crippen LogP contribution in [0.1, 0.15) is 11.5 Å². The smallest absolute Gasteiger partial charge is 0.355 e. The highest BCUT2D eigenvalue weighted by Crippen LogP contribution is 2.31. The van der Waals surface area contributed by atoms with Crippen LogP contribution in [-0.2, 0) is 11.9 Å². The van der Waals surface area contributed by atoms with Gasteiger partial charge in [0.1, 0.15) is 17.0 Å². The van der Waals surface area contributed by atoms with Gasteiger partial charge in [0.25, 0.3) is 0 Å². The maximum atomic E-state index is 14.5. The summed E-state index contributed by atoms with van der Waals surface area (Å²) in [4.78, 5) is 11.0. The molecule has 0 bridgehead atoms. The van der Waals surface area contributed by atoms with E-state index in [0.717, 1.165) is 33.3 Å². The van der Waals surface area contributed by atoms with Crippen LogP contribution >= 0.6 is 34.4 Å². The molecule has 0 saturated carbocycles. The molecule has 4 nitrogen and oxygen atoms in total. The van der Waals surface area contributed by atoms with Gasteiger partial charge in [0.05, 0.1) is 11.3 Å². The summed E-state index contributed by atoms with van der Waals surface area (Å²) in [7, 11) is 0. The first-order valence-electron chi connectivity index (χ1n) is 8.65. The molecular formula is C20H13F4IN4S. The molecule has 0 aliphatic carbocycles. The first-order chi connectivity index (χ1) is 14.3. The monoisotopic (exact) mass is 544 g/mol. The number of nitrogens with one attached hydrogen (secondary N) is 2. The van der Waals surface area contributed by atoms with Crippen LogP contribution in [-0.4, -0.2) is 15.0 Å². The van der Waals surface area contributed by atoms with Crippen molar-refractivity contribution < 1.29 is 17.6 Å². The normalized spacial score (nSPS) is 11.8. The maximum Gasteiger partial charge on any atom is 0.433 e. The molecule has 0 aliphatic rings. The van der Waals surface area contributed by atoms with Gasteiger partial charge >= 0.3 is 6.18 Å². The number of hydrogen-bond acceptors (Lipinski definition) is 4. The van der Waals surface area contributed by atoms with Gasteiger partial charge in [-0.2, -0.15) is 13.2 Å². The molecule has 2 aromatic carbocycles. The van der Waals surface area contributed by atoms with Crippen molar-refractivity contribution in [2.75, 3.05) is 5.32 Å². The third-order valence-corrected chi connectivity index (χ3v) is 5.78. The molecular weight excluding hydrogens is 531 g/mol. The van der Waals surface area contributed by atoms with E-state index in [1.807, 2.05) is 24.3 Å². The van der Waals surface area contributed by atoms with Gasteiger partial charge in [0, 0.05) is 26.0 Å². The Morgan fingerprint density at radius 1 is 1.07 bits per heavy atom. The minimum absolute atomic E-state index is 0.254. The van der Waals surface area contributed by atoms with E-state index in [0.29, 0.717) is 21.9 Å². The Labute approximate surface area is 186 Å². The molecule has 0 amide bonds. The number of hydrogen-bond donors (Lipinski definition) is 2. The molecule has 4 rings (SSSR count). The second-order valence-corrected chi connectivity index (χ2v) is 8.63. The van der Waals surface area contributed by atoms with E-state index in [9.17, 15) is 17.6 Å². The Morgan fingerprint density at radius 2 is 1.90 bits per heavy atom. The molecule has 0 fully saturated rings. The van der Waals surface area contributed by atoms with Crippen molar-refractivity contribution in [3.8, 4) is 0 Å². The lowest BCUT2D eigenvalue weighted by Crippen LogP contribution is -2.07. The van der Waals surface area contributed by atoms with E-state index in [1.54, 1.807) is 6.07 Å². The van der Waals surface area contributed by atoms with Crippen molar-refractivity contribution >= 4 is 56.8 Å². The third-order valence-electron chi connectivity index (χ3n) is 4.10. The summed E-state index contributed by atoms with van der Waals surface area (Å²) >= 11 is 3.35. The minimum atomic E-state index is -4.50. The SMILES string of the molecule is Fc1cc(Nc2cccc(I)c2)cc2nc(CSc3ccnc(C(F)(F)F)c3)[nH]c12. The predicted molar refractivity (Wildman–Crippen MR) is 117 cm³/mol. The van der Waals surface area contributed by atoms with Crippen molar-refractivity contribution in [2.45, 2.75) is 16.8 Å². The van der Waals surface area contributed by atoms with Gasteiger partial charge in [0.2, 0.25) is 0 Å². The van der Waals surface area contributed by atoms with Gasteiger partial charge in [-0.3, -0.25) is 4.98 Å². The molecule has 0 unspecified atom stereocenters. The Kier molecular flexibility index (Phi) is 5.87. The molecule has 0 spiro atoms. The van der Waals surface area contributed by atoms with Crippen molar-refractivity contribution in [2.24, 2.45) is 0 Å². The van der Waals surface area contributed by atoms with E-state index < -0.39 is 17.7 Å². The highest BCUT2D eigenvalue weighted by molar-refractivity contribution is 14.1.